The molecule has 0 bridgehead atoms. The Bertz CT molecular complexity index is 1390. The molecule has 11 heteroatoms. The van der Waals surface area contributed by atoms with Crippen molar-refractivity contribution in [3.8, 4) is 0 Å². The van der Waals surface area contributed by atoms with Gasteiger partial charge in [0.05, 0.1) is 22.7 Å². The summed E-state index contributed by atoms with van der Waals surface area (Å²) in [6, 6.07) is 8.95. The average molecular weight is 618 g/mol. The first-order valence-corrected chi connectivity index (χ1v) is 15.0. The zero-order chi connectivity index (χ0) is 29.9. The normalized spacial score (nSPS) is 21.7. The molecular weight excluding hydrogens is 582 g/mol. The molecule has 3 aromatic rings. The summed E-state index contributed by atoms with van der Waals surface area (Å²) >= 11 is 12.0. The molecule has 1 unspecified atom stereocenters. The average Bonchev–Trinajstić information content (AvgIpc) is 3.76. The number of amides is 1. The lowest BCUT2D eigenvalue weighted by Crippen LogP contribution is -2.44. The highest BCUT2D eigenvalue weighted by Crippen LogP contribution is 2.46. The van der Waals surface area contributed by atoms with Gasteiger partial charge in [0, 0.05) is 42.7 Å². The number of β-amino-alcohol motifs (C(OH)–C–C–N with tert-alkyl or cyclic N) is 1. The molecule has 6 rings (SSSR count). The Morgan fingerprint density at radius 2 is 1.67 bits per heavy atom. The molecule has 224 valence electrons. The maximum Gasteiger partial charge on any atom is 0.257 e. The summed E-state index contributed by atoms with van der Waals surface area (Å²) in [7, 11) is 0. The Hall–Kier alpha value is -2.66. The lowest BCUT2D eigenvalue weighted by molar-refractivity contribution is -0.0573. The van der Waals surface area contributed by atoms with E-state index in [-0.39, 0.29) is 29.1 Å². The number of aliphatic hydroxyl groups is 2. The van der Waals surface area contributed by atoms with E-state index in [1.165, 1.54) is 37.4 Å². The summed E-state index contributed by atoms with van der Waals surface area (Å²) in [6.45, 7) is 5.68. The van der Waals surface area contributed by atoms with E-state index in [0.717, 1.165) is 44.0 Å². The molecule has 2 fully saturated rings. The molecule has 8 nitrogen and oxygen atoms in total. The van der Waals surface area contributed by atoms with E-state index < -0.39 is 23.1 Å². The highest BCUT2D eigenvalue weighted by atomic mass is 35.5. The van der Waals surface area contributed by atoms with Crippen LogP contribution in [0.5, 0.6) is 0 Å². The molecule has 3 aliphatic rings. The number of ether oxygens (including phenoxy) is 1. The molecule has 42 heavy (non-hydrogen) atoms. The van der Waals surface area contributed by atoms with Crippen LogP contribution >= 0.6 is 23.2 Å². The zero-order valence-corrected chi connectivity index (χ0v) is 25.0. The summed E-state index contributed by atoms with van der Waals surface area (Å²) in [6.07, 6.45) is 7.76. The van der Waals surface area contributed by atoms with E-state index in [2.05, 4.69) is 14.9 Å². The van der Waals surface area contributed by atoms with Crippen molar-refractivity contribution in [2.75, 3.05) is 32.8 Å². The number of halogens is 3. The van der Waals surface area contributed by atoms with Crippen LogP contribution in [0, 0.1) is 5.82 Å². The van der Waals surface area contributed by atoms with Gasteiger partial charge in [-0.05, 0) is 75.0 Å². The van der Waals surface area contributed by atoms with Gasteiger partial charge in [0.25, 0.3) is 5.91 Å². The summed E-state index contributed by atoms with van der Waals surface area (Å²) in [5.41, 5.74) is -3.15. The summed E-state index contributed by atoms with van der Waals surface area (Å²) in [5, 5.41) is 24.4. The number of rotatable bonds is 7. The topological polar surface area (TPSA) is 99.0 Å². The maximum atomic E-state index is 16.0. The molecular formula is C31H35Cl2FN4O4. The van der Waals surface area contributed by atoms with E-state index in [4.69, 9.17) is 27.9 Å². The zero-order valence-electron chi connectivity index (χ0n) is 23.5. The summed E-state index contributed by atoms with van der Waals surface area (Å²) in [4.78, 5) is 25.4. The number of carbonyl (C=O) groups excluding carboxylic acids is 1. The van der Waals surface area contributed by atoms with Gasteiger partial charge in [0.15, 0.2) is 5.72 Å². The first kappa shape index (κ1) is 30.8. The molecule has 1 amide bonds. The molecule has 1 aromatic heterocycles. The van der Waals surface area contributed by atoms with Gasteiger partial charge >= 0.3 is 0 Å². The van der Waals surface area contributed by atoms with Crippen molar-refractivity contribution in [2.45, 2.75) is 56.9 Å². The predicted molar refractivity (Wildman–Crippen MR) is 158 cm³/mol. The molecule has 4 heterocycles. The number of aromatic nitrogens is 2. The SMILES string of the molecule is C1CCOC1.CCC(O)(CN1CCCC1)c1cc(F)c2c(c1)C(=O)N(Cc1ncc(Cl)cn1)[C@@]2(O)c1ccc(Cl)cc1. The second kappa shape index (κ2) is 12.9. The van der Waals surface area contributed by atoms with Gasteiger partial charge < -0.3 is 19.8 Å². The number of nitrogens with zero attached hydrogens (tertiary/aromatic N) is 4. The third-order valence-electron chi connectivity index (χ3n) is 8.16. The molecule has 2 saturated heterocycles. The van der Waals surface area contributed by atoms with Crippen molar-refractivity contribution in [1.82, 2.24) is 19.8 Å². The van der Waals surface area contributed by atoms with E-state index >= 15 is 4.39 Å². The van der Waals surface area contributed by atoms with Crippen LogP contribution in [0.25, 0.3) is 0 Å². The van der Waals surface area contributed by atoms with E-state index in [0.29, 0.717) is 28.6 Å². The maximum absolute atomic E-state index is 16.0. The van der Waals surface area contributed by atoms with Crippen LogP contribution in [-0.2, 0) is 22.6 Å². The number of fused-ring (bicyclic) bond motifs is 1. The van der Waals surface area contributed by atoms with Crippen molar-refractivity contribution in [1.29, 1.82) is 0 Å². The van der Waals surface area contributed by atoms with Gasteiger partial charge in [-0.3, -0.25) is 9.69 Å². The highest BCUT2D eigenvalue weighted by Gasteiger charge is 2.53. The number of hydrogen-bond donors (Lipinski definition) is 2. The molecule has 2 N–H and O–H groups in total. The Labute approximate surface area is 255 Å². The van der Waals surface area contributed by atoms with Crippen LogP contribution < -0.4 is 0 Å². The van der Waals surface area contributed by atoms with Crippen LogP contribution in [-0.4, -0.2) is 68.7 Å². The predicted octanol–water partition coefficient (Wildman–Crippen LogP) is 5.26. The monoisotopic (exact) mass is 616 g/mol. The lowest BCUT2D eigenvalue weighted by Gasteiger charge is -2.35. The van der Waals surface area contributed by atoms with Gasteiger partial charge in [-0.2, -0.15) is 0 Å². The Morgan fingerprint density at radius 1 is 1.02 bits per heavy atom. The third kappa shape index (κ3) is 6.18. The minimum Gasteiger partial charge on any atom is -0.384 e. The Morgan fingerprint density at radius 3 is 2.24 bits per heavy atom. The van der Waals surface area contributed by atoms with Crippen molar-refractivity contribution in [2.24, 2.45) is 0 Å². The van der Waals surface area contributed by atoms with Gasteiger partial charge in [-0.25, -0.2) is 14.4 Å². The fraction of sp³-hybridized carbons (Fsp3) is 0.452. The smallest absolute Gasteiger partial charge is 0.257 e. The standard InChI is InChI=1S/C27H27Cl2FN4O3.C4H8O/c1-2-26(36,16-33-9-3-4-10-33)18-11-21-24(22(30)12-18)27(37,17-5-7-19(28)8-6-17)34(25(21)35)15-23-31-13-20(29)14-32-23;1-2-4-5-3-1/h5-8,11-14,36-37H,2-4,9-10,15-16H2,1H3;1-4H2/t26?,27-;/m1./s1. The van der Waals surface area contributed by atoms with Crippen molar-refractivity contribution >= 4 is 29.1 Å². The van der Waals surface area contributed by atoms with Crippen LogP contribution in [0.15, 0.2) is 48.8 Å². The van der Waals surface area contributed by atoms with Gasteiger partial charge in [-0.15, -0.1) is 0 Å². The number of carbonyl (C=O) groups is 1. The number of benzene rings is 2. The Kier molecular flexibility index (Phi) is 9.47. The second-order valence-electron chi connectivity index (χ2n) is 11.0. The third-order valence-corrected chi connectivity index (χ3v) is 8.61. The fourth-order valence-corrected chi connectivity index (χ4v) is 6.01. The molecule has 0 aliphatic carbocycles. The molecule has 0 spiro atoms. The Balaban J connectivity index is 0.000000639. The van der Waals surface area contributed by atoms with Crippen LogP contribution in [0.4, 0.5) is 4.39 Å². The minimum atomic E-state index is -2.15. The van der Waals surface area contributed by atoms with Gasteiger partial charge in [0.2, 0.25) is 0 Å². The first-order valence-electron chi connectivity index (χ1n) is 14.3. The molecule has 2 atom stereocenters. The molecule has 3 aliphatic heterocycles. The number of likely N-dealkylation sites (tertiary alicyclic amines) is 1. The second-order valence-corrected chi connectivity index (χ2v) is 11.8. The summed E-state index contributed by atoms with van der Waals surface area (Å²) in [5.74, 6) is -1.17. The fourth-order valence-electron chi connectivity index (χ4n) is 5.78. The van der Waals surface area contributed by atoms with E-state index in [1.54, 1.807) is 24.3 Å². The van der Waals surface area contributed by atoms with Crippen molar-refractivity contribution < 1.29 is 24.1 Å². The van der Waals surface area contributed by atoms with Crippen molar-refractivity contribution in [3.05, 3.63) is 92.7 Å². The molecule has 2 aromatic carbocycles. The van der Waals surface area contributed by atoms with E-state index in [1.807, 2.05) is 6.92 Å². The van der Waals surface area contributed by atoms with E-state index in [9.17, 15) is 15.0 Å². The molecule has 0 saturated carbocycles. The van der Waals surface area contributed by atoms with Crippen LogP contribution in [0.3, 0.4) is 0 Å². The van der Waals surface area contributed by atoms with Gasteiger partial charge in [-0.1, -0.05) is 42.3 Å². The van der Waals surface area contributed by atoms with Crippen LogP contribution in [0.2, 0.25) is 10.0 Å². The van der Waals surface area contributed by atoms with Crippen LogP contribution in [0.1, 0.15) is 71.9 Å². The minimum absolute atomic E-state index is 0.0188. The largest absolute Gasteiger partial charge is 0.384 e. The van der Waals surface area contributed by atoms with Crippen molar-refractivity contribution in [3.63, 3.8) is 0 Å². The molecule has 0 radical (unpaired) electrons. The summed E-state index contributed by atoms with van der Waals surface area (Å²) < 4.78 is 20.9. The van der Waals surface area contributed by atoms with Gasteiger partial charge in [0.1, 0.15) is 17.2 Å². The quantitative estimate of drug-likeness (QED) is 0.373. The highest BCUT2D eigenvalue weighted by molar-refractivity contribution is 6.30. The first-order chi connectivity index (χ1) is 20.2. The number of hydrogen-bond acceptors (Lipinski definition) is 7. The lowest BCUT2D eigenvalue weighted by atomic mass is 9.86.